The van der Waals surface area contributed by atoms with Crippen LogP contribution in [0.3, 0.4) is 0 Å². The van der Waals surface area contributed by atoms with Gasteiger partial charge in [0.05, 0.1) is 0 Å². The van der Waals surface area contributed by atoms with Crippen LogP contribution >= 0.6 is 0 Å². The minimum atomic E-state index is -2.51. The molecule has 0 nitrogen and oxygen atoms in total. The van der Waals surface area contributed by atoms with E-state index in [0.29, 0.717) is 0 Å². The summed E-state index contributed by atoms with van der Waals surface area (Å²) in [6, 6.07) is 52.7. The highest BCUT2D eigenvalue weighted by Crippen LogP contribution is 2.29. The van der Waals surface area contributed by atoms with Crippen molar-refractivity contribution < 1.29 is 0 Å². The zero-order valence-electron chi connectivity index (χ0n) is 19.9. The second-order valence-electron chi connectivity index (χ2n) is 10.1. The van der Waals surface area contributed by atoms with Crippen molar-refractivity contribution in [3.05, 3.63) is 140 Å². The van der Waals surface area contributed by atoms with Crippen LogP contribution in [-0.2, 0) is 0 Å². The number of hydrogen-bond donors (Lipinski definition) is 0. The second kappa shape index (κ2) is 7.43. The summed E-state index contributed by atoms with van der Waals surface area (Å²) < 4.78 is 0. The van der Waals surface area contributed by atoms with Gasteiger partial charge in [0.1, 0.15) is 0 Å². The lowest BCUT2D eigenvalue weighted by Crippen LogP contribution is -2.86. The van der Waals surface area contributed by atoms with Gasteiger partial charge >= 0.3 is 0 Å². The Bertz CT molecular complexity index is 1750. The van der Waals surface area contributed by atoms with E-state index in [2.05, 4.69) is 140 Å². The maximum Gasteiger partial charge on any atom is 0.242 e. The molecule has 0 aliphatic carbocycles. The Morgan fingerprint density at radius 2 is 1.00 bits per heavy atom. The number of benzene rings is 6. The molecule has 0 bridgehead atoms. The zero-order valence-corrected chi connectivity index (χ0v) is 20.9. The summed E-state index contributed by atoms with van der Waals surface area (Å²) in [5.41, 5.74) is 7.27. The summed E-state index contributed by atoms with van der Waals surface area (Å²) in [6.07, 6.45) is 0. The standard InChI is InChI=1S/C34H23BSi/c1-3-14-26(15-4-1)36(27-16-5-2-6-17-27)32-20-10-9-19-30(32)35-31-23-25-13-8-7-12-24(25)22-29(31)28-18-11-21-33(36)34(28)35/h1-23H. The largest absolute Gasteiger partial charge is 0.242 e. The Kier molecular flexibility index (Phi) is 4.15. The van der Waals surface area contributed by atoms with Gasteiger partial charge in [-0.15, -0.1) is 0 Å². The number of rotatable bonds is 2. The molecule has 2 aliphatic rings. The maximum atomic E-state index is 2.45. The van der Waals surface area contributed by atoms with E-state index in [1.807, 2.05) is 0 Å². The van der Waals surface area contributed by atoms with Gasteiger partial charge in [-0.3, -0.25) is 0 Å². The zero-order chi connectivity index (χ0) is 23.7. The van der Waals surface area contributed by atoms with Gasteiger partial charge < -0.3 is 0 Å². The van der Waals surface area contributed by atoms with Gasteiger partial charge in [-0.05, 0) is 48.7 Å². The van der Waals surface area contributed by atoms with Crippen LogP contribution in [0, 0.1) is 0 Å². The fraction of sp³-hybridized carbons (Fsp3) is 0. The first kappa shape index (κ1) is 20.1. The van der Waals surface area contributed by atoms with Crippen LogP contribution in [0.4, 0.5) is 0 Å². The van der Waals surface area contributed by atoms with Crippen molar-refractivity contribution in [2.75, 3.05) is 0 Å². The van der Waals surface area contributed by atoms with E-state index >= 15 is 0 Å². The van der Waals surface area contributed by atoms with Gasteiger partial charge in [-0.1, -0.05) is 150 Å². The molecular formula is C34H23BSi. The van der Waals surface area contributed by atoms with E-state index in [1.165, 1.54) is 53.8 Å². The lowest BCUT2D eigenvalue weighted by atomic mass is 9.38. The van der Waals surface area contributed by atoms with E-state index in [4.69, 9.17) is 0 Å². The Balaban J connectivity index is 1.56. The smallest absolute Gasteiger partial charge is 0.0682 e. The minimum absolute atomic E-state index is 0.278. The molecule has 166 valence electrons. The Morgan fingerprint density at radius 3 is 1.72 bits per heavy atom. The Morgan fingerprint density at radius 1 is 0.417 bits per heavy atom. The third-order valence-electron chi connectivity index (χ3n) is 8.41. The van der Waals surface area contributed by atoms with Crippen LogP contribution in [0.25, 0.3) is 21.9 Å². The fourth-order valence-corrected chi connectivity index (χ4v) is 12.3. The van der Waals surface area contributed by atoms with Crippen molar-refractivity contribution in [3.8, 4) is 11.1 Å². The molecule has 0 fully saturated rings. The van der Waals surface area contributed by atoms with Crippen molar-refractivity contribution >= 4 is 62.7 Å². The molecule has 0 aromatic heterocycles. The molecule has 8 rings (SSSR count). The van der Waals surface area contributed by atoms with E-state index in [0.717, 1.165) is 0 Å². The van der Waals surface area contributed by atoms with Gasteiger partial charge in [0, 0.05) is 0 Å². The highest BCUT2D eigenvalue weighted by molar-refractivity contribution is 7.27. The van der Waals surface area contributed by atoms with Crippen LogP contribution in [-0.4, -0.2) is 14.8 Å². The van der Waals surface area contributed by atoms with Crippen LogP contribution in [0.2, 0.25) is 0 Å². The van der Waals surface area contributed by atoms with E-state index in [-0.39, 0.29) is 6.71 Å². The molecule has 6 aromatic rings. The summed E-state index contributed by atoms with van der Waals surface area (Å²) >= 11 is 0. The molecular weight excluding hydrogens is 447 g/mol. The number of hydrogen-bond acceptors (Lipinski definition) is 0. The molecule has 0 unspecified atom stereocenters. The van der Waals surface area contributed by atoms with Gasteiger partial charge in [0.25, 0.3) is 0 Å². The van der Waals surface area contributed by atoms with Gasteiger partial charge in [0.15, 0.2) is 8.07 Å². The molecule has 0 saturated heterocycles. The van der Waals surface area contributed by atoms with E-state index in [1.54, 1.807) is 5.19 Å². The molecule has 0 spiro atoms. The first-order valence-corrected chi connectivity index (χ1v) is 14.7. The third-order valence-corrected chi connectivity index (χ3v) is 13.3. The van der Waals surface area contributed by atoms with Crippen LogP contribution < -0.4 is 37.1 Å². The number of fused-ring (bicyclic) bond motifs is 6. The summed E-state index contributed by atoms with van der Waals surface area (Å²) in [4.78, 5) is 0. The molecule has 2 aliphatic heterocycles. The average molecular weight is 470 g/mol. The monoisotopic (exact) mass is 470 g/mol. The predicted molar refractivity (Wildman–Crippen MR) is 158 cm³/mol. The van der Waals surface area contributed by atoms with Crippen molar-refractivity contribution in [3.63, 3.8) is 0 Å². The third kappa shape index (κ3) is 2.49. The quantitative estimate of drug-likeness (QED) is 0.341. The molecule has 0 amide bonds. The van der Waals surface area contributed by atoms with Crippen LogP contribution in [0.15, 0.2) is 140 Å². The normalized spacial score (nSPS) is 14.3. The molecule has 2 heterocycles. The molecule has 0 N–H and O–H groups in total. The molecule has 36 heavy (non-hydrogen) atoms. The minimum Gasteiger partial charge on any atom is -0.0682 e. The van der Waals surface area contributed by atoms with Crippen molar-refractivity contribution in [1.82, 2.24) is 0 Å². The Hall–Kier alpha value is -4.14. The molecule has 6 aromatic carbocycles. The first-order valence-electron chi connectivity index (χ1n) is 12.7. The second-order valence-corrected chi connectivity index (χ2v) is 13.8. The lowest BCUT2D eigenvalue weighted by molar-refractivity contribution is 1.67. The molecule has 0 saturated carbocycles. The summed E-state index contributed by atoms with van der Waals surface area (Å²) in [6.45, 7) is 0.278. The van der Waals surface area contributed by atoms with Crippen molar-refractivity contribution in [2.24, 2.45) is 0 Å². The predicted octanol–water partition coefficient (Wildman–Crippen LogP) is 3.03. The summed E-state index contributed by atoms with van der Waals surface area (Å²) in [5.74, 6) is 0. The van der Waals surface area contributed by atoms with E-state index < -0.39 is 8.07 Å². The molecule has 2 heteroatoms. The lowest BCUT2D eigenvalue weighted by Gasteiger charge is -2.42. The summed E-state index contributed by atoms with van der Waals surface area (Å²) in [5, 5.41) is 8.62. The van der Waals surface area contributed by atoms with Gasteiger partial charge in [0.2, 0.25) is 6.71 Å². The van der Waals surface area contributed by atoms with Crippen LogP contribution in [0.5, 0.6) is 0 Å². The molecule has 0 atom stereocenters. The average Bonchev–Trinajstić information content (AvgIpc) is 3.28. The van der Waals surface area contributed by atoms with Gasteiger partial charge in [-0.25, -0.2) is 0 Å². The summed E-state index contributed by atoms with van der Waals surface area (Å²) in [7, 11) is -2.51. The highest BCUT2D eigenvalue weighted by Gasteiger charge is 2.52. The maximum absolute atomic E-state index is 2.51. The fourth-order valence-electron chi connectivity index (χ4n) is 7.05. The molecule has 0 radical (unpaired) electrons. The van der Waals surface area contributed by atoms with Crippen LogP contribution in [0.1, 0.15) is 0 Å². The topological polar surface area (TPSA) is 0 Å². The highest BCUT2D eigenvalue weighted by atomic mass is 28.3. The SMILES string of the molecule is c1ccc([Si]2(c3ccccc3)c3ccccc3B3c4cc5ccccc5cc4-c4cccc2c43)cc1. The van der Waals surface area contributed by atoms with Crippen molar-refractivity contribution in [1.29, 1.82) is 0 Å². The van der Waals surface area contributed by atoms with Crippen molar-refractivity contribution in [2.45, 2.75) is 0 Å². The van der Waals surface area contributed by atoms with Gasteiger partial charge in [-0.2, -0.15) is 0 Å². The Labute approximate surface area is 213 Å². The van der Waals surface area contributed by atoms with E-state index in [9.17, 15) is 0 Å². The first-order chi connectivity index (χ1) is 17.9.